The molecule has 0 saturated heterocycles. The van der Waals surface area contributed by atoms with Crippen LogP contribution in [0, 0.1) is 0 Å². The Hall–Kier alpha value is -0.890. The lowest BCUT2D eigenvalue weighted by molar-refractivity contribution is 0.388. The fourth-order valence-corrected chi connectivity index (χ4v) is 2.59. The van der Waals surface area contributed by atoms with Gasteiger partial charge in [0.1, 0.15) is 5.76 Å². The third-order valence-electron chi connectivity index (χ3n) is 2.66. The second-order valence-corrected chi connectivity index (χ2v) is 7.01. The topological polar surface area (TPSA) is 74.6 Å². The number of nitrogens with zero attached hydrogens (tertiary/aromatic N) is 1. The molecule has 0 radical (unpaired) electrons. The van der Waals surface area contributed by atoms with Crippen LogP contribution in [0.5, 0.6) is 0 Å². The predicted octanol–water partition coefficient (Wildman–Crippen LogP) is 1.01. The normalized spacial score (nSPS) is 12.5. The molecule has 0 amide bonds. The number of hydrogen-bond acceptors (Lipinski definition) is 5. The Morgan fingerprint density at radius 2 is 2.00 bits per heavy atom. The van der Waals surface area contributed by atoms with Crippen LogP contribution in [0.2, 0.25) is 0 Å². The number of rotatable bonds is 9. The summed E-state index contributed by atoms with van der Waals surface area (Å²) in [7, 11) is 0.368. The highest BCUT2D eigenvalue weighted by atomic mass is 32.2. The van der Waals surface area contributed by atoms with Gasteiger partial charge in [-0.2, -0.15) is 0 Å². The Morgan fingerprint density at radius 3 is 2.60 bits per heavy atom. The Labute approximate surface area is 121 Å². The minimum absolute atomic E-state index is 0.0251. The van der Waals surface area contributed by atoms with Gasteiger partial charge in [-0.1, -0.05) is 13.8 Å². The van der Waals surface area contributed by atoms with Crippen LogP contribution in [-0.2, 0) is 16.6 Å². The molecule has 0 unspecified atom stereocenters. The molecular weight excluding hydrogens is 278 g/mol. The van der Waals surface area contributed by atoms with E-state index in [1.165, 1.54) is 6.07 Å². The van der Waals surface area contributed by atoms with Gasteiger partial charge in [-0.3, -0.25) is 0 Å². The summed E-state index contributed by atoms with van der Waals surface area (Å²) in [6, 6.07) is 3.50. The molecule has 7 heteroatoms. The first kappa shape index (κ1) is 17.2. The van der Waals surface area contributed by atoms with Crippen LogP contribution in [0.25, 0.3) is 0 Å². The summed E-state index contributed by atoms with van der Waals surface area (Å²) in [5, 5.41) is 3.15. The fraction of sp³-hybridized carbons (Fsp3) is 0.692. The van der Waals surface area contributed by atoms with Crippen molar-refractivity contribution in [2.24, 2.45) is 0 Å². The summed E-state index contributed by atoms with van der Waals surface area (Å²) >= 11 is 0. The van der Waals surface area contributed by atoms with E-state index in [-0.39, 0.29) is 5.09 Å². The van der Waals surface area contributed by atoms with Crippen LogP contribution in [0.4, 0.5) is 0 Å². The molecule has 0 bridgehead atoms. The first-order valence-corrected chi connectivity index (χ1v) is 8.26. The molecule has 0 spiro atoms. The lowest BCUT2D eigenvalue weighted by atomic mass is 10.3. The average molecular weight is 303 g/mol. The third-order valence-corrected chi connectivity index (χ3v) is 3.99. The highest BCUT2D eigenvalue weighted by molar-refractivity contribution is 7.89. The highest BCUT2D eigenvalue weighted by Gasteiger charge is 2.18. The van der Waals surface area contributed by atoms with Gasteiger partial charge in [0.25, 0.3) is 10.0 Å². The molecule has 6 nitrogen and oxygen atoms in total. The van der Waals surface area contributed by atoms with Crippen LogP contribution in [0.15, 0.2) is 21.6 Å². The standard InChI is InChI=1S/C13H25N3O3S/c1-11(2)14-10-12-6-7-13(19-12)20(17,18)15-8-5-9-16(3)4/h6-7,11,14-15H,5,8-10H2,1-4H3. The Bertz CT molecular complexity index is 495. The van der Waals surface area contributed by atoms with E-state index in [0.29, 0.717) is 24.9 Å². The van der Waals surface area contributed by atoms with Gasteiger partial charge < -0.3 is 14.6 Å². The van der Waals surface area contributed by atoms with Gasteiger partial charge in [0, 0.05) is 12.6 Å². The second-order valence-electron chi connectivity index (χ2n) is 5.31. The minimum atomic E-state index is -3.54. The second kappa shape index (κ2) is 7.78. The zero-order valence-electron chi connectivity index (χ0n) is 12.6. The van der Waals surface area contributed by atoms with E-state index in [1.54, 1.807) is 6.07 Å². The first-order valence-electron chi connectivity index (χ1n) is 6.78. The molecule has 1 rings (SSSR count). The predicted molar refractivity (Wildman–Crippen MR) is 79.0 cm³/mol. The lowest BCUT2D eigenvalue weighted by Crippen LogP contribution is -2.27. The summed E-state index contributed by atoms with van der Waals surface area (Å²) in [6.07, 6.45) is 0.759. The van der Waals surface area contributed by atoms with Gasteiger partial charge in [0.2, 0.25) is 5.09 Å². The maximum atomic E-state index is 12.0. The molecule has 0 fully saturated rings. The zero-order valence-corrected chi connectivity index (χ0v) is 13.5. The summed E-state index contributed by atoms with van der Waals surface area (Å²) < 4.78 is 31.9. The van der Waals surface area contributed by atoms with Crippen molar-refractivity contribution in [3.8, 4) is 0 Å². The maximum absolute atomic E-state index is 12.0. The maximum Gasteiger partial charge on any atom is 0.273 e. The van der Waals surface area contributed by atoms with Gasteiger partial charge in [-0.25, -0.2) is 13.1 Å². The zero-order chi connectivity index (χ0) is 15.2. The Kier molecular flexibility index (Phi) is 6.67. The molecule has 1 aromatic rings. The molecule has 0 saturated carbocycles. The van der Waals surface area contributed by atoms with E-state index in [1.807, 2.05) is 32.8 Å². The van der Waals surface area contributed by atoms with Crippen LogP contribution in [0.1, 0.15) is 26.0 Å². The summed E-state index contributed by atoms with van der Waals surface area (Å²) in [5.41, 5.74) is 0. The number of furan rings is 1. The quantitative estimate of drug-likeness (QED) is 0.666. The molecular formula is C13H25N3O3S. The van der Waals surface area contributed by atoms with Gasteiger partial charge in [0.05, 0.1) is 6.54 Å². The number of sulfonamides is 1. The third kappa shape index (κ3) is 6.04. The summed E-state index contributed by atoms with van der Waals surface area (Å²) in [4.78, 5) is 2.01. The van der Waals surface area contributed by atoms with Crippen molar-refractivity contribution in [1.82, 2.24) is 14.9 Å². The minimum Gasteiger partial charge on any atom is -0.447 e. The van der Waals surface area contributed by atoms with Gasteiger partial charge in [-0.15, -0.1) is 0 Å². The van der Waals surface area contributed by atoms with Crippen LogP contribution >= 0.6 is 0 Å². The van der Waals surface area contributed by atoms with Gasteiger partial charge in [-0.05, 0) is 39.2 Å². The summed E-state index contributed by atoms with van der Waals surface area (Å²) in [6.45, 7) is 5.80. The van der Waals surface area contributed by atoms with Crippen molar-refractivity contribution in [2.45, 2.75) is 37.9 Å². The molecule has 0 aliphatic heterocycles. The van der Waals surface area contributed by atoms with E-state index >= 15 is 0 Å². The van der Waals surface area contributed by atoms with Crippen molar-refractivity contribution in [3.63, 3.8) is 0 Å². The fourth-order valence-electron chi connectivity index (χ4n) is 1.58. The van der Waals surface area contributed by atoms with Crippen molar-refractivity contribution >= 4 is 10.0 Å². The largest absolute Gasteiger partial charge is 0.447 e. The van der Waals surface area contributed by atoms with E-state index in [9.17, 15) is 8.42 Å². The molecule has 116 valence electrons. The molecule has 2 N–H and O–H groups in total. The van der Waals surface area contributed by atoms with Crippen LogP contribution in [0.3, 0.4) is 0 Å². The smallest absolute Gasteiger partial charge is 0.273 e. The van der Waals surface area contributed by atoms with E-state index in [4.69, 9.17) is 4.42 Å². The van der Waals surface area contributed by atoms with Crippen molar-refractivity contribution in [1.29, 1.82) is 0 Å². The van der Waals surface area contributed by atoms with E-state index < -0.39 is 10.0 Å². The van der Waals surface area contributed by atoms with Crippen molar-refractivity contribution < 1.29 is 12.8 Å². The molecule has 1 heterocycles. The average Bonchev–Trinajstić information content (AvgIpc) is 2.81. The molecule has 1 aromatic heterocycles. The van der Waals surface area contributed by atoms with Crippen LogP contribution < -0.4 is 10.0 Å². The highest BCUT2D eigenvalue weighted by Crippen LogP contribution is 2.13. The van der Waals surface area contributed by atoms with Crippen molar-refractivity contribution in [2.75, 3.05) is 27.2 Å². The van der Waals surface area contributed by atoms with E-state index in [2.05, 4.69) is 10.0 Å². The lowest BCUT2D eigenvalue weighted by Gasteiger charge is -2.09. The number of hydrogen-bond donors (Lipinski definition) is 2. The molecule has 0 aliphatic carbocycles. The molecule has 20 heavy (non-hydrogen) atoms. The first-order chi connectivity index (χ1) is 9.31. The monoisotopic (exact) mass is 303 g/mol. The SMILES string of the molecule is CC(C)NCc1ccc(S(=O)(=O)NCCCN(C)C)o1. The number of nitrogens with one attached hydrogen (secondary N) is 2. The van der Waals surface area contributed by atoms with Crippen molar-refractivity contribution in [3.05, 3.63) is 17.9 Å². The molecule has 0 atom stereocenters. The molecule has 0 aliphatic rings. The summed E-state index contributed by atoms with van der Waals surface area (Å²) in [5.74, 6) is 0.618. The van der Waals surface area contributed by atoms with E-state index in [0.717, 1.165) is 13.0 Å². The Morgan fingerprint density at radius 1 is 1.30 bits per heavy atom. The van der Waals surface area contributed by atoms with Crippen LogP contribution in [-0.4, -0.2) is 46.5 Å². The molecule has 0 aromatic carbocycles. The Balaban J connectivity index is 2.51. The van der Waals surface area contributed by atoms with Gasteiger partial charge >= 0.3 is 0 Å². The van der Waals surface area contributed by atoms with Gasteiger partial charge in [0.15, 0.2) is 0 Å².